The molecule has 118 valence electrons. The van der Waals surface area contributed by atoms with Crippen LogP contribution < -0.4 is 4.74 Å². The SMILES string of the molecule is COC(=O)[C@@H]1CC(c2ccc(OCc3ccccc3)cc2)=NO1. The summed E-state index contributed by atoms with van der Waals surface area (Å²) in [6, 6.07) is 17.6. The largest absolute Gasteiger partial charge is 0.489 e. The number of hydrogen-bond acceptors (Lipinski definition) is 5. The van der Waals surface area contributed by atoms with E-state index in [0.29, 0.717) is 13.0 Å². The van der Waals surface area contributed by atoms with E-state index in [-0.39, 0.29) is 0 Å². The summed E-state index contributed by atoms with van der Waals surface area (Å²) in [5.74, 6) is 0.369. The van der Waals surface area contributed by atoms with Crippen molar-refractivity contribution < 1.29 is 19.1 Å². The Labute approximate surface area is 134 Å². The summed E-state index contributed by atoms with van der Waals surface area (Å²) >= 11 is 0. The topological polar surface area (TPSA) is 57.1 Å². The number of nitrogens with zero attached hydrogens (tertiary/aromatic N) is 1. The highest BCUT2D eigenvalue weighted by molar-refractivity contribution is 6.03. The molecule has 0 fully saturated rings. The molecule has 23 heavy (non-hydrogen) atoms. The third-order valence-corrected chi connectivity index (χ3v) is 3.57. The molecule has 2 aromatic rings. The predicted molar refractivity (Wildman–Crippen MR) is 85.3 cm³/mol. The quantitative estimate of drug-likeness (QED) is 0.797. The predicted octanol–water partition coefficient (Wildman–Crippen LogP) is 2.93. The molecule has 0 spiro atoms. The molecule has 1 heterocycles. The first kappa shape index (κ1) is 15.1. The maximum Gasteiger partial charge on any atom is 0.350 e. The van der Waals surface area contributed by atoms with E-state index in [4.69, 9.17) is 9.57 Å². The number of methoxy groups -OCH3 is 1. The minimum Gasteiger partial charge on any atom is -0.489 e. The van der Waals surface area contributed by atoms with Crippen molar-refractivity contribution in [1.29, 1.82) is 0 Å². The molecular formula is C18H17NO4. The van der Waals surface area contributed by atoms with Gasteiger partial charge in [0, 0.05) is 6.42 Å². The number of benzene rings is 2. The fourth-order valence-electron chi connectivity index (χ4n) is 2.29. The molecule has 5 nitrogen and oxygen atoms in total. The van der Waals surface area contributed by atoms with Crippen molar-refractivity contribution in [2.75, 3.05) is 7.11 Å². The molecule has 1 aliphatic rings. The van der Waals surface area contributed by atoms with Crippen LogP contribution in [0.1, 0.15) is 17.5 Å². The van der Waals surface area contributed by atoms with Gasteiger partial charge in [0.15, 0.2) is 0 Å². The van der Waals surface area contributed by atoms with E-state index in [1.807, 2.05) is 54.6 Å². The van der Waals surface area contributed by atoms with Crippen molar-refractivity contribution in [2.24, 2.45) is 5.16 Å². The Morgan fingerprint density at radius 3 is 2.61 bits per heavy atom. The number of oxime groups is 1. The molecule has 5 heteroatoms. The number of rotatable bonds is 5. The average Bonchev–Trinajstić information content (AvgIpc) is 3.11. The third kappa shape index (κ3) is 3.69. The first-order valence-corrected chi connectivity index (χ1v) is 7.34. The van der Waals surface area contributed by atoms with Gasteiger partial charge in [-0.2, -0.15) is 0 Å². The van der Waals surface area contributed by atoms with E-state index in [9.17, 15) is 4.79 Å². The van der Waals surface area contributed by atoms with Gasteiger partial charge in [-0.15, -0.1) is 0 Å². The summed E-state index contributed by atoms with van der Waals surface area (Å²) in [6.07, 6.45) is -0.235. The molecule has 0 unspecified atom stereocenters. The molecule has 0 saturated carbocycles. The van der Waals surface area contributed by atoms with Gasteiger partial charge in [-0.05, 0) is 35.4 Å². The van der Waals surface area contributed by atoms with Gasteiger partial charge in [-0.3, -0.25) is 0 Å². The molecule has 1 aliphatic heterocycles. The summed E-state index contributed by atoms with van der Waals surface area (Å²) in [7, 11) is 1.34. The number of carbonyl (C=O) groups excluding carboxylic acids is 1. The van der Waals surface area contributed by atoms with Crippen LogP contribution in [0.4, 0.5) is 0 Å². The normalized spacial score (nSPS) is 16.4. The van der Waals surface area contributed by atoms with Gasteiger partial charge in [0.05, 0.1) is 12.8 Å². The van der Waals surface area contributed by atoms with Crippen LogP contribution in [0.25, 0.3) is 0 Å². The van der Waals surface area contributed by atoms with Crippen molar-refractivity contribution >= 4 is 11.7 Å². The van der Waals surface area contributed by atoms with Crippen molar-refractivity contribution in [3.8, 4) is 5.75 Å². The van der Waals surface area contributed by atoms with Crippen molar-refractivity contribution in [2.45, 2.75) is 19.1 Å². The minimum absolute atomic E-state index is 0.411. The zero-order valence-electron chi connectivity index (χ0n) is 12.8. The van der Waals surface area contributed by atoms with Gasteiger partial charge in [-0.25, -0.2) is 4.79 Å². The Hall–Kier alpha value is -2.82. The van der Waals surface area contributed by atoms with Crippen LogP contribution in [-0.4, -0.2) is 24.9 Å². The van der Waals surface area contributed by atoms with Gasteiger partial charge >= 0.3 is 5.97 Å². The molecular weight excluding hydrogens is 294 g/mol. The Kier molecular flexibility index (Phi) is 4.57. The van der Waals surface area contributed by atoms with Crippen LogP contribution in [0.2, 0.25) is 0 Å². The summed E-state index contributed by atoms with van der Waals surface area (Å²) in [4.78, 5) is 16.5. The molecule has 0 saturated heterocycles. The van der Waals surface area contributed by atoms with Crippen LogP contribution >= 0.6 is 0 Å². The summed E-state index contributed by atoms with van der Waals surface area (Å²) in [6.45, 7) is 0.522. The molecule has 0 aromatic heterocycles. The molecule has 0 N–H and O–H groups in total. The van der Waals surface area contributed by atoms with Crippen molar-refractivity contribution in [1.82, 2.24) is 0 Å². The van der Waals surface area contributed by atoms with E-state index in [0.717, 1.165) is 22.6 Å². The average molecular weight is 311 g/mol. The minimum atomic E-state index is -0.649. The zero-order valence-corrected chi connectivity index (χ0v) is 12.8. The number of carbonyl (C=O) groups is 1. The molecule has 0 bridgehead atoms. The monoisotopic (exact) mass is 311 g/mol. The molecule has 1 atom stereocenters. The Balaban J connectivity index is 1.58. The fraction of sp³-hybridized carbons (Fsp3) is 0.222. The van der Waals surface area contributed by atoms with Gasteiger partial charge in [0.25, 0.3) is 0 Å². The van der Waals surface area contributed by atoms with Gasteiger partial charge in [0.1, 0.15) is 12.4 Å². The van der Waals surface area contributed by atoms with E-state index in [1.165, 1.54) is 7.11 Å². The third-order valence-electron chi connectivity index (χ3n) is 3.57. The standard InChI is InChI=1S/C18H17NO4/c1-21-18(20)17-11-16(19-23-17)14-7-9-15(10-8-14)22-12-13-5-3-2-4-6-13/h2-10,17H,11-12H2,1H3/t17-/m0/s1. The van der Waals surface area contributed by atoms with Gasteiger partial charge in [-0.1, -0.05) is 35.5 Å². The molecule has 3 rings (SSSR count). The molecule has 0 aliphatic carbocycles. The maximum absolute atomic E-state index is 11.4. The molecule has 2 aromatic carbocycles. The lowest BCUT2D eigenvalue weighted by Gasteiger charge is -2.07. The highest BCUT2D eigenvalue weighted by Gasteiger charge is 2.29. The fourth-order valence-corrected chi connectivity index (χ4v) is 2.29. The summed E-state index contributed by atoms with van der Waals surface area (Å²) in [5, 5.41) is 3.95. The number of hydrogen-bond donors (Lipinski definition) is 0. The highest BCUT2D eigenvalue weighted by atomic mass is 16.7. The van der Waals surface area contributed by atoms with Crippen molar-refractivity contribution in [3.63, 3.8) is 0 Å². The lowest BCUT2D eigenvalue weighted by molar-refractivity contribution is -0.152. The van der Waals surface area contributed by atoms with E-state index in [1.54, 1.807) is 0 Å². The maximum atomic E-state index is 11.4. The summed E-state index contributed by atoms with van der Waals surface area (Å²) < 4.78 is 10.4. The van der Waals surface area contributed by atoms with Crippen LogP contribution in [-0.2, 0) is 21.0 Å². The second-order valence-electron chi connectivity index (χ2n) is 5.16. The molecule has 0 radical (unpaired) electrons. The summed E-state index contributed by atoms with van der Waals surface area (Å²) in [5.41, 5.74) is 2.75. The van der Waals surface area contributed by atoms with Crippen LogP contribution in [0.5, 0.6) is 5.75 Å². The number of esters is 1. The van der Waals surface area contributed by atoms with Crippen LogP contribution in [0.15, 0.2) is 59.8 Å². The Morgan fingerprint density at radius 2 is 1.91 bits per heavy atom. The van der Waals surface area contributed by atoms with Crippen molar-refractivity contribution in [3.05, 3.63) is 65.7 Å². The van der Waals surface area contributed by atoms with E-state index in [2.05, 4.69) is 9.89 Å². The second-order valence-corrected chi connectivity index (χ2v) is 5.16. The first-order valence-electron chi connectivity index (χ1n) is 7.34. The second kappa shape index (κ2) is 6.96. The van der Waals surface area contributed by atoms with Gasteiger partial charge in [0.2, 0.25) is 6.10 Å². The van der Waals surface area contributed by atoms with Gasteiger partial charge < -0.3 is 14.3 Å². The first-order chi connectivity index (χ1) is 11.3. The lowest BCUT2D eigenvalue weighted by atomic mass is 10.1. The van der Waals surface area contributed by atoms with Crippen LogP contribution in [0.3, 0.4) is 0 Å². The van der Waals surface area contributed by atoms with Crippen LogP contribution in [0, 0.1) is 0 Å². The Bertz CT molecular complexity index is 695. The Morgan fingerprint density at radius 1 is 1.17 bits per heavy atom. The highest BCUT2D eigenvalue weighted by Crippen LogP contribution is 2.20. The molecule has 0 amide bonds. The van der Waals surface area contributed by atoms with E-state index < -0.39 is 12.1 Å². The zero-order chi connectivity index (χ0) is 16.1. The lowest BCUT2D eigenvalue weighted by Crippen LogP contribution is -2.22. The van der Waals surface area contributed by atoms with E-state index >= 15 is 0 Å². The smallest absolute Gasteiger partial charge is 0.350 e. The number of ether oxygens (including phenoxy) is 2.